The van der Waals surface area contributed by atoms with Crippen LogP contribution in [0.4, 0.5) is 17.1 Å². The lowest BCUT2D eigenvalue weighted by molar-refractivity contribution is 1.04. The zero-order valence-electron chi connectivity index (χ0n) is 26.1. The summed E-state index contributed by atoms with van der Waals surface area (Å²) in [6.07, 6.45) is 8.99. The maximum absolute atomic E-state index is 5.22. The molecule has 0 radical (unpaired) electrons. The van der Waals surface area contributed by atoms with E-state index in [1.165, 1.54) is 33.4 Å². The minimum absolute atomic E-state index is 1.01. The van der Waals surface area contributed by atoms with Gasteiger partial charge in [0.2, 0.25) is 0 Å². The van der Waals surface area contributed by atoms with Gasteiger partial charge in [0, 0.05) is 33.5 Å². The smallest absolute Gasteiger partial charge is 0.0787 e. The molecule has 1 aliphatic carbocycles. The second-order valence-corrected chi connectivity index (χ2v) is 11.9. The fourth-order valence-electron chi connectivity index (χ4n) is 6.53. The lowest BCUT2D eigenvalue weighted by Crippen LogP contribution is -2.11. The summed E-state index contributed by atoms with van der Waals surface area (Å²) in [4.78, 5) is 7.58. The number of aromatic nitrogens is 1. The maximum Gasteiger partial charge on any atom is 0.0787 e. The number of hydrogen-bond donors (Lipinski definition) is 0. The summed E-state index contributed by atoms with van der Waals surface area (Å²) in [5.41, 5.74) is 13.6. The van der Waals surface area contributed by atoms with Crippen LogP contribution in [0.1, 0.15) is 18.4 Å². The van der Waals surface area contributed by atoms with Crippen LogP contribution in [0.15, 0.2) is 182 Å². The van der Waals surface area contributed by atoms with Crippen LogP contribution in [0, 0.1) is 0 Å². The second kappa shape index (κ2) is 12.8. The Morgan fingerprint density at radius 2 is 1.06 bits per heavy atom. The molecular weight excluding hydrogens is 569 g/mol. The molecule has 2 nitrogen and oxygen atoms in total. The van der Waals surface area contributed by atoms with E-state index < -0.39 is 0 Å². The molecule has 0 amide bonds. The van der Waals surface area contributed by atoms with E-state index >= 15 is 0 Å². The Balaban J connectivity index is 1.25. The van der Waals surface area contributed by atoms with Crippen molar-refractivity contribution in [2.24, 2.45) is 0 Å². The molecule has 2 heteroatoms. The number of nitrogens with zero attached hydrogens (tertiary/aromatic N) is 2. The SMILES string of the molecule is C1=CC(c2cc3ccccc3nc2-c2ccc(N(c3ccc(-c4ccccc4)cc3)c3ccccc3-c3ccccc3)cc2)=CCC1. The number of pyridine rings is 1. The number of para-hydroxylation sites is 2. The van der Waals surface area contributed by atoms with E-state index in [4.69, 9.17) is 4.98 Å². The quantitative estimate of drug-likeness (QED) is 0.180. The van der Waals surface area contributed by atoms with Crippen molar-refractivity contribution in [1.82, 2.24) is 4.98 Å². The molecule has 0 atom stereocenters. The Hall–Kier alpha value is -5.99. The zero-order valence-corrected chi connectivity index (χ0v) is 26.1. The van der Waals surface area contributed by atoms with Crippen LogP contribution in [0.5, 0.6) is 0 Å². The Morgan fingerprint density at radius 3 is 1.77 bits per heavy atom. The molecule has 0 saturated carbocycles. The summed E-state index contributed by atoms with van der Waals surface area (Å²) >= 11 is 0. The molecule has 8 rings (SSSR count). The fourth-order valence-corrected chi connectivity index (χ4v) is 6.53. The van der Waals surface area contributed by atoms with Crippen molar-refractivity contribution in [1.29, 1.82) is 0 Å². The summed E-state index contributed by atoms with van der Waals surface area (Å²) in [6, 6.07) is 58.3. The minimum atomic E-state index is 1.01. The van der Waals surface area contributed by atoms with Crippen LogP contribution in [0.25, 0.3) is 50.0 Å². The second-order valence-electron chi connectivity index (χ2n) is 11.9. The third kappa shape index (κ3) is 5.78. The van der Waals surface area contributed by atoms with Crippen LogP contribution < -0.4 is 4.90 Å². The van der Waals surface area contributed by atoms with Gasteiger partial charge < -0.3 is 4.90 Å². The molecule has 1 aliphatic rings. The third-order valence-corrected chi connectivity index (χ3v) is 8.89. The van der Waals surface area contributed by atoms with Gasteiger partial charge >= 0.3 is 0 Å². The average molecular weight is 603 g/mol. The molecular formula is C45H34N2. The van der Waals surface area contributed by atoms with E-state index in [0.717, 1.165) is 52.1 Å². The number of benzene rings is 6. The monoisotopic (exact) mass is 602 g/mol. The highest BCUT2D eigenvalue weighted by Gasteiger charge is 2.19. The van der Waals surface area contributed by atoms with Crippen molar-refractivity contribution in [2.45, 2.75) is 12.8 Å². The van der Waals surface area contributed by atoms with E-state index in [2.05, 4.69) is 187 Å². The van der Waals surface area contributed by atoms with Crippen LogP contribution in [-0.2, 0) is 0 Å². The van der Waals surface area contributed by atoms with Crippen LogP contribution >= 0.6 is 0 Å². The standard InChI is InChI=1S/C45H34N2/c1-4-14-33(15-5-1)34-24-28-39(29-25-34)47(44-23-13-11-21-41(44)35-16-6-2-7-17-35)40-30-26-37(27-31-40)45-42(36-18-8-3-9-19-36)32-38-20-10-12-22-43(38)46-45/h1-2,4-8,10-32H,3,9H2. The van der Waals surface area contributed by atoms with Crippen LogP contribution in [-0.4, -0.2) is 4.98 Å². The maximum atomic E-state index is 5.22. The van der Waals surface area contributed by atoms with Crippen molar-refractivity contribution >= 4 is 33.5 Å². The average Bonchev–Trinajstić information content (AvgIpc) is 3.16. The topological polar surface area (TPSA) is 16.1 Å². The van der Waals surface area contributed by atoms with E-state index in [9.17, 15) is 0 Å². The predicted octanol–water partition coefficient (Wildman–Crippen LogP) is 12.4. The minimum Gasteiger partial charge on any atom is -0.310 e. The van der Waals surface area contributed by atoms with Gasteiger partial charge in [-0.15, -0.1) is 0 Å². The van der Waals surface area contributed by atoms with Gasteiger partial charge in [-0.05, 0) is 77.6 Å². The van der Waals surface area contributed by atoms with E-state index in [0.29, 0.717) is 0 Å². The number of rotatable bonds is 7. The highest BCUT2D eigenvalue weighted by molar-refractivity contribution is 5.93. The Morgan fingerprint density at radius 1 is 0.468 bits per heavy atom. The molecule has 1 heterocycles. The van der Waals surface area contributed by atoms with Crippen LogP contribution in [0.3, 0.4) is 0 Å². The summed E-state index contributed by atoms with van der Waals surface area (Å²) in [7, 11) is 0. The molecule has 0 aliphatic heterocycles. The first-order chi connectivity index (χ1) is 23.3. The van der Waals surface area contributed by atoms with Gasteiger partial charge in [0.05, 0.1) is 16.9 Å². The number of hydrogen-bond acceptors (Lipinski definition) is 2. The summed E-state index contributed by atoms with van der Waals surface area (Å²) in [5, 5.41) is 1.16. The fraction of sp³-hybridized carbons (Fsp3) is 0.0444. The Bertz CT molecular complexity index is 2210. The van der Waals surface area contributed by atoms with Crippen molar-refractivity contribution in [3.63, 3.8) is 0 Å². The third-order valence-electron chi connectivity index (χ3n) is 8.89. The first kappa shape index (κ1) is 28.5. The lowest BCUT2D eigenvalue weighted by Gasteiger charge is -2.28. The summed E-state index contributed by atoms with van der Waals surface area (Å²) < 4.78 is 0. The van der Waals surface area contributed by atoms with E-state index in [1.54, 1.807) is 0 Å². The van der Waals surface area contributed by atoms with Crippen LogP contribution in [0.2, 0.25) is 0 Å². The first-order valence-electron chi connectivity index (χ1n) is 16.3. The van der Waals surface area contributed by atoms with Crippen molar-refractivity contribution in [3.05, 3.63) is 188 Å². The normalized spacial score (nSPS) is 12.6. The molecule has 0 unspecified atom stereocenters. The number of allylic oxidation sites excluding steroid dienone is 4. The molecule has 0 spiro atoms. The number of fused-ring (bicyclic) bond motifs is 1. The van der Waals surface area contributed by atoms with Crippen molar-refractivity contribution in [3.8, 4) is 33.5 Å². The highest BCUT2D eigenvalue weighted by Crippen LogP contribution is 2.42. The largest absolute Gasteiger partial charge is 0.310 e. The van der Waals surface area contributed by atoms with Gasteiger partial charge in [0.1, 0.15) is 0 Å². The molecule has 0 fully saturated rings. The van der Waals surface area contributed by atoms with Gasteiger partial charge in [0.25, 0.3) is 0 Å². The molecule has 0 bridgehead atoms. The highest BCUT2D eigenvalue weighted by atomic mass is 15.1. The van der Waals surface area contributed by atoms with Gasteiger partial charge in [-0.3, -0.25) is 0 Å². The molecule has 1 aromatic heterocycles. The molecule has 6 aromatic carbocycles. The number of anilines is 3. The van der Waals surface area contributed by atoms with E-state index in [1.807, 2.05) is 0 Å². The van der Waals surface area contributed by atoms with E-state index in [-0.39, 0.29) is 0 Å². The molecule has 224 valence electrons. The molecule has 47 heavy (non-hydrogen) atoms. The van der Waals surface area contributed by atoms with Gasteiger partial charge in [0.15, 0.2) is 0 Å². The Kier molecular flexibility index (Phi) is 7.75. The van der Waals surface area contributed by atoms with Crippen molar-refractivity contribution in [2.75, 3.05) is 4.90 Å². The lowest BCUT2D eigenvalue weighted by atomic mass is 9.94. The zero-order chi connectivity index (χ0) is 31.4. The summed E-state index contributed by atoms with van der Waals surface area (Å²) in [6.45, 7) is 0. The van der Waals surface area contributed by atoms with Gasteiger partial charge in [-0.25, -0.2) is 4.98 Å². The van der Waals surface area contributed by atoms with Gasteiger partial charge in [-0.1, -0.05) is 140 Å². The first-order valence-corrected chi connectivity index (χ1v) is 16.3. The Labute approximate surface area is 276 Å². The summed E-state index contributed by atoms with van der Waals surface area (Å²) in [5.74, 6) is 0. The molecule has 7 aromatic rings. The van der Waals surface area contributed by atoms with Gasteiger partial charge in [-0.2, -0.15) is 0 Å². The molecule has 0 N–H and O–H groups in total. The van der Waals surface area contributed by atoms with Crippen molar-refractivity contribution < 1.29 is 0 Å². The molecule has 0 saturated heterocycles. The predicted molar refractivity (Wildman–Crippen MR) is 199 cm³/mol.